The van der Waals surface area contributed by atoms with Gasteiger partial charge in [-0.2, -0.15) is 26.3 Å². The first-order valence-corrected chi connectivity index (χ1v) is 11.6. The molecular weight excluding hydrogens is 537 g/mol. The Hall–Kier alpha value is -3.97. The van der Waals surface area contributed by atoms with Crippen LogP contribution in [0.5, 0.6) is 0 Å². The molecule has 3 atom stereocenters. The lowest BCUT2D eigenvalue weighted by Gasteiger charge is -2.26. The van der Waals surface area contributed by atoms with Gasteiger partial charge in [0.15, 0.2) is 0 Å². The van der Waals surface area contributed by atoms with Crippen molar-refractivity contribution in [1.82, 2.24) is 5.32 Å². The van der Waals surface area contributed by atoms with Crippen molar-refractivity contribution in [2.45, 2.75) is 44.2 Å². The lowest BCUT2D eigenvalue weighted by atomic mass is 9.83. The van der Waals surface area contributed by atoms with Crippen molar-refractivity contribution in [3.05, 3.63) is 65.5 Å². The molecule has 1 heterocycles. The average molecular weight is 560 g/mol. The van der Waals surface area contributed by atoms with Crippen LogP contribution in [0.2, 0.25) is 0 Å². The zero-order valence-electron chi connectivity index (χ0n) is 20.1. The second-order valence-electron chi connectivity index (χ2n) is 8.83. The van der Waals surface area contributed by atoms with Crippen LogP contribution in [-0.4, -0.2) is 42.0 Å². The zero-order chi connectivity index (χ0) is 29.0. The Balaban J connectivity index is 1.99. The number of halogens is 7. The highest BCUT2D eigenvalue weighted by Crippen LogP contribution is 2.33. The normalized spacial score (nSPS) is 17.3. The number of nitrogens with zero attached hydrogens (tertiary/aromatic N) is 1. The van der Waals surface area contributed by atoms with E-state index >= 15 is 0 Å². The zero-order valence-corrected chi connectivity index (χ0v) is 20.1. The van der Waals surface area contributed by atoms with Gasteiger partial charge >= 0.3 is 12.4 Å². The number of nitrogens with two attached hydrogens (primary N) is 1. The monoisotopic (exact) mass is 560 g/mol. The molecule has 0 aliphatic carbocycles. The van der Waals surface area contributed by atoms with Crippen LogP contribution in [0.3, 0.4) is 0 Å². The molecule has 2 aromatic rings. The van der Waals surface area contributed by atoms with E-state index in [9.17, 15) is 45.1 Å². The predicted molar refractivity (Wildman–Crippen MR) is 126 cm³/mol. The summed E-state index contributed by atoms with van der Waals surface area (Å²) < 4.78 is 92.0. The number of carbonyl (C=O) groups is 3. The molecule has 210 valence electrons. The second kappa shape index (κ2) is 11.8. The molecule has 2 unspecified atom stereocenters. The summed E-state index contributed by atoms with van der Waals surface area (Å²) >= 11 is 0. The fourth-order valence-electron chi connectivity index (χ4n) is 4.16. The van der Waals surface area contributed by atoms with Crippen LogP contribution >= 0.6 is 0 Å². The summed E-state index contributed by atoms with van der Waals surface area (Å²) in [7, 11) is 0. The van der Waals surface area contributed by atoms with E-state index in [0.717, 1.165) is 6.07 Å². The number of benzodiazepines with no additional fused rings is 1. The number of anilines is 1. The second-order valence-corrected chi connectivity index (χ2v) is 8.83. The molecule has 0 radical (unpaired) electrons. The van der Waals surface area contributed by atoms with Crippen molar-refractivity contribution in [2.24, 2.45) is 22.6 Å². The van der Waals surface area contributed by atoms with Crippen molar-refractivity contribution in [2.75, 3.05) is 5.32 Å². The van der Waals surface area contributed by atoms with Gasteiger partial charge in [-0.3, -0.25) is 14.4 Å². The van der Waals surface area contributed by atoms with E-state index in [0.29, 0.717) is 5.56 Å². The lowest BCUT2D eigenvalue weighted by molar-refractivity contribution is -0.152. The molecule has 0 fully saturated rings. The highest BCUT2D eigenvalue weighted by molar-refractivity contribution is 6.20. The molecule has 0 saturated carbocycles. The van der Waals surface area contributed by atoms with E-state index in [4.69, 9.17) is 5.73 Å². The van der Waals surface area contributed by atoms with E-state index in [2.05, 4.69) is 15.6 Å². The Morgan fingerprint density at radius 1 is 0.923 bits per heavy atom. The van der Waals surface area contributed by atoms with Crippen LogP contribution in [0.15, 0.2) is 53.5 Å². The third-order valence-corrected chi connectivity index (χ3v) is 6.02. The number of benzene rings is 2. The number of rotatable bonds is 9. The van der Waals surface area contributed by atoms with E-state index < -0.39 is 79.6 Å². The molecule has 1 aliphatic heterocycles. The predicted octanol–water partition coefficient (Wildman–Crippen LogP) is 4.46. The van der Waals surface area contributed by atoms with Crippen molar-refractivity contribution in [3.8, 4) is 0 Å². The molecule has 3 rings (SSSR count). The Bertz CT molecular complexity index is 1250. The van der Waals surface area contributed by atoms with Crippen molar-refractivity contribution in [1.29, 1.82) is 0 Å². The first-order chi connectivity index (χ1) is 18.2. The molecule has 0 bridgehead atoms. The summed E-state index contributed by atoms with van der Waals surface area (Å²) in [4.78, 5) is 42.3. The summed E-state index contributed by atoms with van der Waals surface area (Å²) in [5.74, 6) is -8.53. The molecule has 2 aromatic carbocycles. The minimum atomic E-state index is -4.80. The number of carbonyl (C=O) groups excluding carboxylic acids is 3. The number of aliphatic imine (C=N–C) groups is 1. The summed E-state index contributed by atoms with van der Waals surface area (Å²) in [5, 5.41) is 4.39. The molecule has 1 aliphatic rings. The first-order valence-electron chi connectivity index (χ1n) is 11.6. The average Bonchev–Trinajstić information content (AvgIpc) is 2.97. The number of alkyl halides is 6. The van der Waals surface area contributed by atoms with E-state index in [1.54, 1.807) is 30.3 Å². The summed E-state index contributed by atoms with van der Waals surface area (Å²) in [6.45, 7) is 0. The van der Waals surface area contributed by atoms with E-state index in [-0.39, 0.29) is 17.0 Å². The number of hydrogen-bond acceptors (Lipinski definition) is 4. The number of fused-ring (bicyclic) bond motifs is 1. The van der Waals surface area contributed by atoms with Crippen LogP contribution in [-0.2, 0) is 14.4 Å². The number of hydrogen-bond donors (Lipinski definition) is 3. The lowest BCUT2D eigenvalue weighted by Crippen LogP contribution is -2.48. The molecule has 4 N–H and O–H groups in total. The fraction of sp³-hybridized carbons (Fsp3) is 0.360. The minimum absolute atomic E-state index is 0.0455. The first kappa shape index (κ1) is 29.6. The van der Waals surface area contributed by atoms with Crippen LogP contribution in [0.25, 0.3) is 0 Å². The Morgan fingerprint density at radius 2 is 1.51 bits per heavy atom. The topological polar surface area (TPSA) is 114 Å². The molecule has 14 heteroatoms. The number of nitrogens with one attached hydrogen (secondary N) is 2. The quantitative estimate of drug-likeness (QED) is 0.394. The van der Waals surface area contributed by atoms with Crippen molar-refractivity contribution >= 4 is 29.1 Å². The van der Waals surface area contributed by atoms with Gasteiger partial charge in [-0.15, -0.1) is 0 Å². The van der Waals surface area contributed by atoms with Gasteiger partial charge in [0.2, 0.25) is 18.0 Å². The summed E-state index contributed by atoms with van der Waals surface area (Å²) in [5.41, 5.74) is 5.50. The molecule has 0 aromatic heterocycles. The maximum absolute atomic E-state index is 14.6. The third-order valence-electron chi connectivity index (χ3n) is 6.02. The summed E-state index contributed by atoms with van der Waals surface area (Å²) in [6.07, 6.45) is -16.7. The molecule has 3 amide bonds. The minimum Gasteiger partial charge on any atom is -0.369 e. The SMILES string of the molecule is NC(=O)C(CCC(F)(F)F)C(CCC(F)(F)F)C(=O)N[C@H]1N=C(c2ccccc2)c2cccc(F)c2NC1=O. The van der Waals surface area contributed by atoms with Crippen molar-refractivity contribution < 1.29 is 45.1 Å². The molecule has 39 heavy (non-hydrogen) atoms. The Labute approximate surface area is 217 Å². The van der Waals surface area contributed by atoms with Gasteiger partial charge in [-0.1, -0.05) is 42.5 Å². The van der Waals surface area contributed by atoms with Crippen LogP contribution in [0, 0.1) is 17.7 Å². The van der Waals surface area contributed by atoms with Gasteiger partial charge in [0.1, 0.15) is 5.82 Å². The van der Waals surface area contributed by atoms with E-state index in [1.165, 1.54) is 12.1 Å². The maximum atomic E-state index is 14.6. The van der Waals surface area contributed by atoms with Gasteiger partial charge < -0.3 is 16.4 Å². The van der Waals surface area contributed by atoms with Crippen LogP contribution in [0.4, 0.5) is 36.4 Å². The van der Waals surface area contributed by atoms with Crippen LogP contribution in [0.1, 0.15) is 36.8 Å². The molecule has 7 nitrogen and oxygen atoms in total. The standard InChI is InChI=1S/C25H23F7N4O3/c26-17-8-4-7-16-18(13-5-2-1-3-6-13)34-21(23(39)35-19(16)17)36-22(38)15(10-12-25(30,31)32)14(20(33)37)9-11-24(27,28)29/h1-8,14-15,21H,9-12H2,(H2,33,37)(H,35,39)(H,36,38)/t14?,15?,21-/m1/s1. The number of primary amides is 1. The molecule has 0 spiro atoms. The third kappa shape index (κ3) is 8.01. The van der Waals surface area contributed by atoms with Crippen molar-refractivity contribution in [3.63, 3.8) is 0 Å². The molecular formula is C25H23F7N4O3. The highest BCUT2D eigenvalue weighted by atomic mass is 19.4. The Morgan fingerprint density at radius 3 is 2.08 bits per heavy atom. The maximum Gasteiger partial charge on any atom is 0.389 e. The highest BCUT2D eigenvalue weighted by Gasteiger charge is 2.40. The smallest absolute Gasteiger partial charge is 0.369 e. The Kier molecular flexibility index (Phi) is 8.97. The number of amides is 3. The van der Waals surface area contributed by atoms with Crippen LogP contribution < -0.4 is 16.4 Å². The van der Waals surface area contributed by atoms with Gasteiger partial charge in [-0.05, 0) is 18.9 Å². The van der Waals surface area contributed by atoms with Gasteiger partial charge in [0, 0.05) is 35.8 Å². The van der Waals surface area contributed by atoms with Gasteiger partial charge in [-0.25, -0.2) is 9.38 Å². The largest absolute Gasteiger partial charge is 0.389 e. The molecule has 0 saturated heterocycles. The van der Waals surface area contributed by atoms with Gasteiger partial charge in [0.05, 0.1) is 11.4 Å². The summed E-state index contributed by atoms with van der Waals surface area (Å²) in [6, 6.07) is 11.9. The van der Waals surface area contributed by atoms with Gasteiger partial charge in [0.25, 0.3) is 5.91 Å². The fourth-order valence-corrected chi connectivity index (χ4v) is 4.16. The number of para-hydroxylation sites is 1. The van der Waals surface area contributed by atoms with E-state index in [1.807, 2.05) is 0 Å².